The van der Waals surface area contributed by atoms with Gasteiger partial charge in [0.1, 0.15) is 41.8 Å². The molecule has 18 nitrogen and oxygen atoms in total. The standard InChI is InChI=1S/C46H69N5O13/c1-12-26(6)38-35(53)23-37(55)64-41(25(4)5)40(56)28(8)42(57)47-32(20-24(2)3)44(59)51-19-13-14-33(51)45(60)50(10)34(22-30-15-17-31(62-11)18-16-30)46(61)63-29(9)39(43(58)49-38)48-36(54)21-27(7)52/h15-18,24-26,28-29,32-35,38-39,41,53H,12-14,19-23H2,1-11H3,(H,47,57)(H,48,54)(H,49,58)/t26-,28-,29+,32-,33-,34-,35-,38+,39+,41-/m0/s1. The van der Waals surface area contributed by atoms with Gasteiger partial charge in [0.25, 0.3) is 0 Å². The van der Waals surface area contributed by atoms with E-state index in [1.807, 2.05) is 13.8 Å². The van der Waals surface area contributed by atoms with Crippen LogP contribution in [0.5, 0.6) is 5.75 Å². The Morgan fingerprint density at radius 2 is 1.58 bits per heavy atom. The fourth-order valence-electron chi connectivity index (χ4n) is 7.92. The largest absolute Gasteiger partial charge is 0.497 e. The number of carbonyl (C=O) groups is 9. The molecular weight excluding hydrogens is 831 g/mol. The van der Waals surface area contributed by atoms with E-state index in [1.54, 1.807) is 52.0 Å². The van der Waals surface area contributed by atoms with E-state index in [-0.39, 0.29) is 31.7 Å². The maximum Gasteiger partial charge on any atom is 0.329 e. The second-order valence-corrected chi connectivity index (χ2v) is 17.9. The van der Waals surface area contributed by atoms with Gasteiger partial charge in [-0.05, 0) is 75.5 Å². The molecule has 356 valence electrons. The van der Waals surface area contributed by atoms with Crippen molar-refractivity contribution in [3.05, 3.63) is 29.8 Å². The number of hydrogen-bond donors (Lipinski definition) is 4. The summed E-state index contributed by atoms with van der Waals surface area (Å²) in [6.07, 6.45) is -4.58. The average Bonchev–Trinajstić information content (AvgIpc) is 3.73. The van der Waals surface area contributed by atoms with Gasteiger partial charge in [-0.2, -0.15) is 0 Å². The van der Waals surface area contributed by atoms with Crippen LogP contribution in [-0.4, -0.2) is 137 Å². The van der Waals surface area contributed by atoms with Crippen molar-refractivity contribution in [2.75, 3.05) is 20.7 Å². The molecule has 1 aromatic rings. The lowest BCUT2D eigenvalue weighted by Crippen LogP contribution is -2.59. The van der Waals surface area contributed by atoms with E-state index in [0.29, 0.717) is 24.2 Å². The maximum absolute atomic E-state index is 14.6. The number of aliphatic hydroxyl groups excluding tert-OH is 1. The molecule has 3 rings (SSSR count). The van der Waals surface area contributed by atoms with E-state index >= 15 is 0 Å². The fourth-order valence-corrected chi connectivity index (χ4v) is 7.92. The molecule has 18 heteroatoms. The van der Waals surface area contributed by atoms with E-state index in [9.17, 15) is 48.3 Å². The van der Waals surface area contributed by atoms with Gasteiger partial charge in [0, 0.05) is 20.0 Å². The number of benzene rings is 1. The van der Waals surface area contributed by atoms with Crippen LogP contribution in [0, 0.1) is 23.7 Å². The number of rotatable bonds is 11. The van der Waals surface area contributed by atoms with E-state index in [0.717, 1.165) is 0 Å². The highest BCUT2D eigenvalue weighted by Crippen LogP contribution is 2.26. The third-order valence-corrected chi connectivity index (χ3v) is 11.9. The molecule has 0 bridgehead atoms. The third-order valence-electron chi connectivity index (χ3n) is 11.9. The predicted octanol–water partition coefficient (Wildman–Crippen LogP) is 2.05. The molecule has 0 aliphatic carbocycles. The summed E-state index contributed by atoms with van der Waals surface area (Å²) in [7, 11) is 2.89. The van der Waals surface area contributed by atoms with Crippen molar-refractivity contribution in [2.45, 2.75) is 156 Å². The molecule has 5 amide bonds. The van der Waals surface area contributed by atoms with Crippen molar-refractivity contribution >= 4 is 53.0 Å². The van der Waals surface area contributed by atoms with Crippen molar-refractivity contribution in [3.63, 3.8) is 0 Å². The van der Waals surface area contributed by atoms with Crippen LogP contribution in [0.25, 0.3) is 0 Å². The number of ether oxygens (including phenoxy) is 3. The molecule has 4 N–H and O–H groups in total. The van der Waals surface area contributed by atoms with Gasteiger partial charge >= 0.3 is 11.9 Å². The van der Waals surface area contributed by atoms with Gasteiger partial charge in [0.2, 0.25) is 29.5 Å². The summed E-state index contributed by atoms with van der Waals surface area (Å²) < 4.78 is 16.8. The lowest BCUT2D eigenvalue weighted by atomic mass is 9.91. The van der Waals surface area contributed by atoms with Crippen LogP contribution in [0.1, 0.15) is 106 Å². The molecule has 1 aromatic carbocycles. The Kier molecular flexibility index (Phi) is 19.9. The Morgan fingerprint density at radius 1 is 0.938 bits per heavy atom. The second kappa shape index (κ2) is 24.1. The van der Waals surface area contributed by atoms with E-state index in [1.165, 1.54) is 44.7 Å². The van der Waals surface area contributed by atoms with Gasteiger partial charge in [-0.25, -0.2) is 4.79 Å². The topological polar surface area (TPSA) is 244 Å². The van der Waals surface area contributed by atoms with Crippen molar-refractivity contribution in [1.82, 2.24) is 25.8 Å². The van der Waals surface area contributed by atoms with Crippen LogP contribution in [0.3, 0.4) is 0 Å². The van der Waals surface area contributed by atoms with E-state index in [2.05, 4.69) is 16.0 Å². The molecule has 2 aliphatic rings. The normalized spacial score (nSPS) is 27.9. The minimum Gasteiger partial charge on any atom is -0.497 e. The number of esters is 2. The van der Waals surface area contributed by atoms with Crippen molar-refractivity contribution in [1.29, 1.82) is 0 Å². The summed E-state index contributed by atoms with van der Waals surface area (Å²) in [5.41, 5.74) is 0.600. The first kappa shape index (κ1) is 53.0. The van der Waals surface area contributed by atoms with Crippen LogP contribution < -0.4 is 20.7 Å². The van der Waals surface area contributed by atoms with Crippen LogP contribution in [0.4, 0.5) is 0 Å². The van der Waals surface area contributed by atoms with Crippen molar-refractivity contribution in [3.8, 4) is 5.75 Å². The molecule has 0 spiro atoms. The van der Waals surface area contributed by atoms with Gasteiger partial charge in [-0.1, -0.05) is 60.1 Å². The average molecular weight is 900 g/mol. The zero-order valence-electron chi connectivity index (χ0n) is 39.1. The first-order chi connectivity index (χ1) is 30.0. The van der Waals surface area contributed by atoms with Gasteiger partial charge < -0.3 is 45.1 Å². The SMILES string of the molecule is CC[C@H](C)[C@H]1NC(=O)[C@H](NC(=O)CC(C)=O)[C@@H](C)OC(=O)[C@H](Cc2ccc(OC)cc2)N(C)C(=O)[C@@H]2CCCN2C(=O)[C@H](CC(C)C)NC(=O)[C@@H](C)C(=O)[C@H](C(C)C)OC(=O)C[C@@H]1O. The van der Waals surface area contributed by atoms with E-state index in [4.69, 9.17) is 14.2 Å². The summed E-state index contributed by atoms with van der Waals surface area (Å²) in [4.78, 5) is 126. The molecule has 0 radical (unpaired) electrons. The van der Waals surface area contributed by atoms with Gasteiger partial charge in [0.15, 0.2) is 11.9 Å². The minimum absolute atomic E-state index is 0.0836. The highest BCUT2D eigenvalue weighted by molar-refractivity contribution is 6.05. The van der Waals surface area contributed by atoms with Gasteiger partial charge in [-0.15, -0.1) is 0 Å². The zero-order chi connectivity index (χ0) is 48.2. The molecule has 0 aromatic heterocycles. The number of ketones is 2. The highest BCUT2D eigenvalue weighted by Gasteiger charge is 2.44. The zero-order valence-corrected chi connectivity index (χ0v) is 39.1. The number of nitrogens with zero attached hydrogens (tertiary/aromatic N) is 2. The first-order valence-electron chi connectivity index (χ1n) is 22.2. The lowest BCUT2D eigenvalue weighted by Gasteiger charge is -2.35. The van der Waals surface area contributed by atoms with Crippen LogP contribution in [0.15, 0.2) is 24.3 Å². The molecule has 64 heavy (non-hydrogen) atoms. The third kappa shape index (κ3) is 14.3. The van der Waals surface area contributed by atoms with Crippen LogP contribution in [0.2, 0.25) is 0 Å². The Hall–Kier alpha value is -5.39. The molecule has 2 aliphatic heterocycles. The minimum atomic E-state index is -1.64. The summed E-state index contributed by atoms with van der Waals surface area (Å²) in [5, 5.41) is 19.4. The van der Waals surface area contributed by atoms with Gasteiger partial charge in [0.05, 0.1) is 38.0 Å². The number of cyclic esters (lactones) is 2. The first-order valence-corrected chi connectivity index (χ1v) is 22.2. The monoisotopic (exact) mass is 899 g/mol. The summed E-state index contributed by atoms with van der Waals surface area (Å²) >= 11 is 0. The predicted molar refractivity (Wildman–Crippen MR) is 233 cm³/mol. The summed E-state index contributed by atoms with van der Waals surface area (Å²) in [6, 6.07) is 0.437. The summed E-state index contributed by atoms with van der Waals surface area (Å²) in [5.74, 6) is -8.96. The Bertz CT molecular complexity index is 1850. The number of carbonyl (C=O) groups excluding carboxylic acids is 9. The molecule has 2 saturated heterocycles. The number of fused-ring (bicyclic) bond motifs is 1. The molecule has 10 atom stereocenters. The molecular formula is C46H69N5O13. The Balaban J connectivity index is 2.21. The molecule has 0 unspecified atom stereocenters. The van der Waals surface area contributed by atoms with Crippen molar-refractivity contribution < 1.29 is 62.5 Å². The number of amides is 5. The Labute approximate surface area is 376 Å². The van der Waals surface area contributed by atoms with Crippen LogP contribution >= 0.6 is 0 Å². The van der Waals surface area contributed by atoms with Gasteiger partial charge in [-0.3, -0.25) is 38.4 Å². The number of nitrogens with one attached hydrogen (secondary N) is 3. The Morgan fingerprint density at radius 3 is 2.14 bits per heavy atom. The molecule has 2 fully saturated rings. The highest BCUT2D eigenvalue weighted by atomic mass is 16.6. The fraction of sp³-hybridized carbons (Fsp3) is 0.674. The smallest absolute Gasteiger partial charge is 0.329 e. The molecule has 2 heterocycles. The number of methoxy groups -OCH3 is 1. The lowest BCUT2D eigenvalue weighted by molar-refractivity contribution is -0.163. The molecule has 0 saturated carbocycles. The van der Waals surface area contributed by atoms with Crippen LogP contribution in [-0.2, 0) is 59.0 Å². The quantitative estimate of drug-likeness (QED) is 0.184. The maximum atomic E-state index is 14.6. The number of likely N-dealkylation sites (N-methyl/N-ethyl adjacent to an activating group) is 1. The second-order valence-electron chi connectivity index (χ2n) is 17.9. The van der Waals surface area contributed by atoms with E-state index < -0.39 is 132 Å². The van der Waals surface area contributed by atoms with Crippen molar-refractivity contribution in [2.24, 2.45) is 23.7 Å². The number of hydrogen-bond acceptors (Lipinski definition) is 13. The summed E-state index contributed by atoms with van der Waals surface area (Å²) in [6.45, 7) is 14.5. The number of Topliss-reactive ketones (excluding diaryl/α,β-unsaturated/α-hetero) is 2. The number of aliphatic hydroxyl groups is 1.